The molecule has 0 aliphatic rings. The van der Waals surface area contributed by atoms with Gasteiger partial charge >= 0.3 is 0 Å². The molecule has 1 nitrogen and oxygen atoms in total. The highest BCUT2D eigenvalue weighted by Crippen LogP contribution is 2.20. The van der Waals surface area contributed by atoms with E-state index in [2.05, 4.69) is 38.6 Å². The second kappa shape index (κ2) is 5.52. The Bertz CT molecular complexity index is 375. The predicted molar refractivity (Wildman–Crippen MR) is 67.8 cm³/mol. The normalized spacial score (nSPS) is 11.5. The van der Waals surface area contributed by atoms with Crippen LogP contribution in [0.5, 0.6) is 0 Å². The molecular formula is C14H19N. The number of nitrogens with two attached hydrogens (primary N) is 1. The maximum absolute atomic E-state index is 5.59. The molecule has 0 saturated carbocycles. The fraction of sp³-hybridized carbons (Fsp3) is 0.286. The van der Waals surface area contributed by atoms with Crippen LogP contribution in [-0.4, -0.2) is 6.54 Å². The first-order valence-electron chi connectivity index (χ1n) is 5.28. The number of hydrogen-bond donors (Lipinski definition) is 1. The fourth-order valence-corrected chi connectivity index (χ4v) is 1.56. The van der Waals surface area contributed by atoms with Gasteiger partial charge in [-0.05, 0) is 49.1 Å². The first-order chi connectivity index (χ1) is 7.19. The van der Waals surface area contributed by atoms with Gasteiger partial charge in [-0.3, -0.25) is 0 Å². The molecule has 0 bridgehead atoms. The van der Waals surface area contributed by atoms with Crippen LogP contribution < -0.4 is 5.73 Å². The van der Waals surface area contributed by atoms with Crippen molar-refractivity contribution in [2.45, 2.75) is 20.3 Å². The van der Waals surface area contributed by atoms with E-state index >= 15 is 0 Å². The highest BCUT2D eigenvalue weighted by atomic mass is 14.5. The molecule has 0 amide bonds. The van der Waals surface area contributed by atoms with Crippen molar-refractivity contribution in [3.05, 3.63) is 53.6 Å². The van der Waals surface area contributed by atoms with E-state index in [0.29, 0.717) is 6.54 Å². The molecule has 0 radical (unpaired) electrons. The highest BCUT2D eigenvalue weighted by Gasteiger charge is 2.01. The fourth-order valence-electron chi connectivity index (χ4n) is 1.56. The van der Waals surface area contributed by atoms with Crippen LogP contribution in [0.1, 0.15) is 23.1 Å². The van der Waals surface area contributed by atoms with Crippen LogP contribution in [0.15, 0.2) is 36.9 Å². The van der Waals surface area contributed by atoms with Gasteiger partial charge in [0.15, 0.2) is 0 Å². The molecule has 2 N–H and O–H groups in total. The second-order valence-corrected chi connectivity index (χ2v) is 3.77. The average Bonchev–Trinajstić information content (AvgIpc) is 2.22. The van der Waals surface area contributed by atoms with E-state index in [-0.39, 0.29) is 0 Å². The van der Waals surface area contributed by atoms with E-state index in [1.54, 1.807) is 0 Å². The third-order valence-electron chi connectivity index (χ3n) is 2.61. The van der Waals surface area contributed by atoms with Crippen molar-refractivity contribution in [3.8, 4) is 0 Å². The molecule has 0 saturated heterocycles. The molecule has 0 fully saturated rings. The Kier molecular flexibility index (Phi) is 4.32. The minimum Gasteiger partial charge on any atom is -0.330 e. The van der Waals surface area contributed by atoms with E-state index in [0.717, 1.165) is 6.42 Å². The van der Waals surface area contributed by atoms with Crippen molar-refractivity contribution in [1.29, 1.82) is 0 Å². The van der Waals surface area contributed by atoms with Gasteiger partial charge in [-0.2, -0.15) is 0 Å². The van der Waals surface area contributed by atoms with Crippen LogP contribution in [0, 0.1) is 13.8 Å². The lowest BCUT2D eigenvalue weighted by Gasteiger charge is -2.08. The van der Waals surface area contributed by atoms with Crippen molar-refractivity contribution in [2.24, 2.45) is 5.73 Å². The van der Waals surface area contributed by atoms with Crippen LogP contribution in [0.2, 0.25) is 0 Å². The van der Waals surface area contributed by atoms with E-state index in [1.165, 1.54) is 22.3 Å². The van der Waals surface area contributed by atoms with Crippen molar-refractivity contribution >= 4 is 5.57 Å². The SMILES string of the molecule is C=C/C=C(\CCN)c1ccc(C)c(C)c1. The number of benzene rings is 1. The molecule has 1 rings (SSSR count). The molecule has 15 heavy (non-hydrogen) atoms. The Hall–Kier alpha value is -1.34. The van der Waals surface area contributed by atoms with Gasteiger partial charge in [0.1, 0.15) is 0 Å². The summed E-state index contributed by atoms with van der Waals surface area (Å²) < 4.78 is 0. The summed E-state index contributed by atoms with van der Waals surface area (Å²) in [7, 11) is 0. The Balaban J connectivity index is 3.06. The van der Waals surface area contributed by atoms with Gasteiger partial charge in [0.05, 0.1) is 0 Å². The molecule has 1 aromatic rings. The largest absolute Gasteiger partial charge is 0.330 e. The number of hydrogen-bond acceptors (Lipinski definition) is 1. The van der Waals surface area contributed by atoms with Crippen LogP contribution in [0.4, 0.5) is 0 Å². The Morgan fingerprint density at radius 3 is 2.60 bits per heavy atom. The lowest BCUT2D eigenvalue weighted by atomic mass is 9.98. The van der Waals surface area contributed by atoms with E-state index in [9.17, 15) is 0 Å². The molecule has 0 spiro atoms. The van der Waals surface area contributed by atoms with Crippen LogP contribution >= 0.6 is 0 Å². The smallest absolute Gasteiger partial charge is 0.00365 e. The van der Waals surface area contributed by atoms with Crippen LogP contribution in [-0.2, 0) is 0 Å². The molecule has 0 heterocycles. The standard InChI is InChI=1S/C14H19N/c1-4-5-13(8-9-15)14-7-6-11(2)12(3)10-14/h4-7,10H,1,8-9,15H2,2-3H3/b13-5+. The summed E-state index contributed by atoms with van der Waals surface area (Å²) in [6.07, 6.45) is 4.76. The Morgan fingerprint density at radius 1 is 1.33 bits per heavy atom. The zero-order valence-corrected chi connectivity index (χ0v) is 9.59. The van der Waals surface area contributed by atoms with Crippen LogP contribution in [0.3, 0.4) is 0 Å². The zero-order valence-electron chi connectivity index (χ0n) is 9.59. The van der Waals surface area contributed by atoms with E-state index < -0.39 is 0 Å². The van der Waals surface area contributed by atoms with Crippen molar-refractivity contribution < 1.29 is 0 Å². The summed E-state index contributed by atoms with van der Waals surface area (Å²) in [5, 5.41) is 0. The van der Waals surface area contributed by atoms with Gasteiger partial charge in [-0.15, -0.1) is 0 Å². The molecule has 80 valence electrons. The minimum absolute atomic E-state index is 0.673. The first kappa shape index (κ1) is 11.7. The highest BCUT2D eigenvalue weighted by molar-refractivity contribution is 5.68. The topological polar surface area (TPSA) is 26.0 Å². The van der Waals surface area contributed by atoms with Gasteiger partial charge < -0.3 is 5.73 Å². The quantitative estimate of drug-likeness (QED) is 0.744. The van der Waals surface area contributed by atoms with Crippen molar-refractivity contribution in [2.75, 3.05) is 6.54 Å². The number of rotatable bonds is 4. The summed E-state index contributed by atoms with van der Waals surface area (Å²) in [5.41, 5.74) is 10.7. The maximum Gasteiger partial charge on any atom is -0.00365 e. The Morgan fingerprint density at radius 2 is 2.07 bits per heavy atom. The minimum atomic E-state index is 0.673. The zero-order chi connectivity index (χ0) is 11.3. The Labute approximate surface area is 92.3 Å². The molecule has 1 heteroatoms. The third-order valence-corrected chi connectivity index (χ3v) is 2.61. The number of allylic oxidation sites excluding steroid dienone is 2. The van der Waals surface area contributed by atoms with Gasteiger partial charge in [-0.1, -0.05) is 36.9 Å². The van der Waals surface area contributed by atoms with Crippen molar-refractivity contribution in [1.82, 2.24) is 0 Å². The van der Waals surface area contributed by atoms with Crippen LogP contribution in [0.25, 0.3) is 5.57 Å². The third kappa shape index (κ3) is 3.07. The summed E-state index contributed by atoms with van der Waals surface area (Å²) >= 11 is 0. The van der Waals surface area contributed by atoms with E-state index in [1.807, 2.05) is 12.2 Å². The second-order valence-electron chi connectivity index (χ2n) is 3.77. The van der Waals surface area contributed by atoms with Crippen molar-refractivity contribution in [3.63, 3.8) is 0 Å². The van der Waals surface area contributed by atoms with Gasteiger partial charge in [-0.25, -0.2) is 0 Å². The monoisotopic (exact) mass is 201 g/mol. The van der Waals surface area contributed by atoms with Gasteiger partial charge in [0, 0.05) is 0 Å². The molecule has 0 aromatic heterocycles. The summed E-state index contributed by atoms with van der Waals surface area (Å²) in [6.45, 7) is 8.66. The summed E-state index contributed by atoms with van der Waals surface area (Å²) in [5.74, 6) is 0. The number of aryl methyl sites for hydroxylation is 2. The van der Waals surface area contributed by atoms with E-state index in [4.69, 9.17) is 5.73 Å². The molecule has 0 aliphatic carbocycles. The lowest BCUT2D eigenvalue weighted by molar-refractivity contribution is 1.02. The molecule has 0 unspecified atom stereocenters. The molecule has 0 aliphatic heterocycles. The summed E-state index contributed by atoms with van der Waals surface area (Å²) in [4.78, 5) is 0. The first-order valence-corrected chi connectivity index (χ1v) is 5.28. The maximum atomic E-state index is 5.59. The molecule has 1 aromatic carbocycles. The lowest BCUT2D eigenvalue weighted by Crippen LogP contribution is -2.00. The average molecular weight is 201 g/mol. The molecule has 0 atom stereocenters. The van der Waals surface area contributed by atoms with Gasteiger partial charge in [0.25, 0.3) is 0 Å². The predicted octanol–water partition coefficient (Wildman–Crippen LogP) is 3.22. The summed E-state index contributed by atoms with van der Waals surface area (Å²) in [6, 6.07) is 6.51. The van der Waals surface area contributed by atoms with Gasteiger partial charge in [0.2, 0.25) is 0 Å². The molecular weight excluding hydrogens is 182 g/mol.